The van der Waals surface area contributed by atoms with E-state index < -0.39 is 17.7 Å². The molecular weight excluding hydrogens is 416 g/mol. The van der Waals surface area contributed by atoms with Crippen LogP contribution in [0.2, 0.25) is 0 Å². The standard InChI is InChI=1S/C26H38N4O3/c1-2-3-16-30-24(32)22(23(31)20-10-6-4-7-11-20)28-25(33)26(30)14-17-29(18-15-26)19-27-21-12-8-5-9-13-21/h5,8-9,12-13,19-20,22-23,31H,2-4,6-7,10-11,14-18H2,1H3,(H,28,33)/t22-,23-/m1/s1. The van der Waals surface area contributed by atoms with E-state index in [2.05, 4.69) is 22.1 Å². The summed E-state index contributed by atoms with van der Waals surface area (Å²) in [5.74, 6) is -0.114. The van der Waals surface area contributed by atoms with Gasteiger partial charge in [-0.3, -0.25) is 9.59 Å². The lowest BCUT2D eigenvalue weighted by Crippen LogP contribution is -2.75. The number of amides is 2. The van der Waals surface area contributed by atoms with E-state index in [1.54, 1.807) is 0 Å². The molecule has 2 amide bonds. The molecule has 2 heterocycles. The maximum absolute atomic E-state index is 13.6. The number of aliphatic hydroxyl groups excluding tert-OH is 1. The molecule has 3 aliphatic rings. The van der Waals surface area contributed by atoms with Gasteiger partial charge in [-0.2, -0.15) is 0 Å². The van der Waals surface area contributed by atoms with Crippen molar-refractivity contribution in [3.63, 3.8) is 0 Å². The Morgan fingerprint density at radius 1 is 1.15 bits per heavy atom. The fourth-order valence-electron chi connectivity index (χ4n) is 5.63. The highest BCUT2D eigenvalue weighted by Gasteiger charge is 2.55. The van der Waals surface area contributed by atoms with Crippen molar-refractivity contribution < 1.29 is 14.7 Å². The van der Waals surface area contributed by atoms with Gasteiger partial charge in [0.15, 0.2) is 0 Å². The molecule has 0 radical (unpaired) electrons. The second-order valence-corrected chi connectivity index (χ2v) is 9.83. The Hall–Kier alpha value is -2.41. The van der Waals surface area contributed by atoms with Crippen molar-refractivity contribution in [3.8, 4) is 0 Å². The van der Waals surface area contributed by atoms with E-state index in [0.29, 0.717) is 32.5 Å². The molecule has 0 aromatic heterocycles. The third kappa shape index (κ3) is 5.08. The van der Waals surface area contributed by atoms with Gasteiger partial charge in [0.1, 0.15) is 11.6 Å². The van der Waals surface area contributed by atoms with Crippen molar-refractivity contribution in [1.82, 2.24) is 15.1 Å². The summed E-state index contributed by atoms with van der Waals surface area (Å²) >= 11 is 0. The number of benzene rings is 1. The number of unbranched alkanes of at least 4 members (excludes halogenated alkanes) is 1. The lowest BCUT2D eigenvalue weighted by Gasteiger charge is -2.52. The monoisotopic (exact) mass is 454 g/mol. The lowest BCUT2D eigenvalue weighted by molar-refractivity contribution is -0.165. The number of aliphatic hydroxyl groups is 1. The summed E-state index contributed by atoms with van der Waals surface area (Å²) in [5.41, 5.74) is 0.0686. The number of piperidine rings is 1. The molecule has 1 aromatic rings. The quantitative estimate of drug-likeness (QED) is 0.489. The first-order valence-electron chi connectivity index (χ1n) is 12.7. The SMILES string of the molecule is CCCCN1C(=O)[C@@H]([C@H](O)C2CCCCC2)NC(=O)C12CCN(C=Nc1ccccc1)CC2. The summed E-state index contributed by atoms with van der Waals surface area (Å²) in [4.78, 5) is 35.6. The molecule has 2 N–H and O–H groups in total. The van der Waals surface area contributed by atoms with Crippen LogP contribution < -0.4 is 5.32 Å². The molecule has 2 atom stereocenters. The Balaban J connectivity index is 1.47. The van der Waals surface area contributed by atoms with Gasteiger partial charge in [0.25, 0.3) is 0 Å². The van der Waals surface area contributed by atoms with Gasteiger partial charge >= 0.3 is 0 Å². The predicted molar refractivity (Wildman–Crippen MR) is 129 cm³/mol. The molecule has 1 spiro atoms. The number of rotatable bonds is 7. The van der Waals surface area contributed by atoms with Crippen LogP contribution in [-0.2, 0) is 9.59 Å². The Morgan fingerprint density at radius 2 is 1.85 bits per heavy atom. The Kier molecular flexibility index (Phi) is 7.68. The highest BCUT2D eigenvalue weighted by Crippen LogP contribution is 2.36. The second kappa shape index (κ2) is 10.7. The van der Waals surface area contributed by atoms with Gasteiger partial charge in [0.2, 0.25) is 11.8 Å². The number of nitrogens with zero attached hydrogens (tertiary/aromatic N) is 3. The van der Waals surface area contributed by atoms with Crippen LogP contribution in [0.15, 0.2) is 35.3 Å². The van der Waals surface area contributed by atoms with Crippen molar-refractivity contribution in [3.05, 3.63) is 30.3 Å². The lowest BCUT2D eigenvalue weighted by atomic mass is 9.78. The fraction of sp³-hybridized carbons (Fsp3) is 0.654. The molecule has 0 bridgehead atoms. The highest BCUT2D eigenvalue weighted by atomic mass is 16.3. The van der Waals surface area contributed by atoms with Crippen LogP contribution in [0.5, 0.6) is 0 Å². The largest absolute Gasteiger partial charge is 0.390 e. The minimum absolute atomic E-state index is 0.0890. The molecule has 1 aromatic carbocycles. The van der Waals surface area contributed by atoms with Gasteiger partial charge in [-0.25, -0.2) is 4.99 Å². The van der Waals surface area contributed by atoms with Crippen molar-refractivity contribution >= 4 is 23.8 Å². The van der Waals surface area contributed by atoms with E-state index in [1.165, 1.54) is 6.42 Å². The first kappa shape index (κ1) is 23.7. The number of hydrogen-bond acceptors (Lipinski definition) is 4. The maximum atomic E-state index is 13.6. The third-order valence-corrected chi connectivity index (χ3v) is 7.72. The van der Waals surface area contributed by atoms with Gasteiger partial charge in [0, 0.05) is 19.6 Å². The third-order valence-electron chi connectivity index (χ3n) is 7.72. The zero-order valence-corrected chi connectivity index (χ0v) is 19.8. The molecule has 4 rings (SSSR count). The summed E-state index contributed by atoms with van der Waals surface area (Å²) in [6.07, 6.45) is 9.19. The molecule has 2 saturated heterocycles. The van der Waals surface area contributed by atoms with Crippen molar-refractivity contribution in [2.75, 3.05) is 19.6 Å². The minimum atomic E-state index is -0.827. The summed E-state index contributed by atoms with van der Waals surface area (Å²) in [7, 11) is 0. The Bertz CT molecular complexity index is 829. The van der Waals surface area contributed by atoms with Gasteiger partial charge in [0.05, 0.1) is 18.1 Å². The van der Waals surface area contributed by atoms with E-state index in [1.807, 2.05) is 41.6 Å². The molecule has 180 valence electrons. The van der Waals surface area contributed by atoms with Gasteiger partial charge in [-0.1, -0.05) is 50.8 Å². The molecule has 1 aliphatic carbocycles. The Morgan fingerprint density at radius 3 is 2.52 bits per heavy atom. The highest BCUT2D eigenvalue weighted by molar-refractivity contribution is 6.00. The zero-order chi connectivity index (χ0) is 23.3. The predicted octanol–water partition coefficient (Wildman–Crippen LogP) is 3.25. The van der Waals surface area contributed by atoms with E-state index in [0.717, 1.165) is 44.2 Å². The number of likely N-dealkylation sites (tertiary alicyclic amines) is 1. The van der Waals surface area contributed by atoms with Gasteiger partial charge in [-0.15, -0.1) is 0 Å². The molecule has 0 unspecified atom stereocenters. The molecule has 1 saturated carbocycles. The molecule has 7 heteroatoms. The number of piperazine rings is 1. The van der Waals surface area contributed by atoms with Gasteiger partial charge < -0.3 is 20.2 Å². The van der Waals surface area contributed by atoms with E-state index in [9.17, 15) is 14.7 Å². The normalized spacial score (nSPS) is 25.0. The van der Waals surface area contributed by atoms with E-state index >= 15 is 0 Å². The molecule has 33 heavy (non-hydrogen) atoms. The van der Waals surface area contributed by atoms with E-state index in [4.69, 9.17) is 0 Å². The van der Waals surface area contributed by atoms with Crippen LogP contribution in [0, 0.1) is 5.92 Å². The van der Waals surface area contributed by atoms with Crippen LogP contribution in [0.25, 0.3) is 0 Å². The average molecular weight is 455 g/mol. The number of aliphatic imine (C=N–C) groups is 1. The first-order chi connectivity index (χ1) is 16.0. The summed E-state index contributed by atoms with van der Waals surface area (Å²) in [6, 6.07) is 8.98. The number of hydrogen-bond donors (Lipinski definition) is 2. The van der Waals surface area contributed by atoms with Crippen LogP contribution in [-0.4, -0.2) is 70.4 Å². The molecular formula is C26H38N4O3. The molecule has 3 fully saturated rings. The van der Waals surface area contributed by atoms with Crippen molar-refractivity contribution in [2.45, 2.75) is 82.4 Å². The van der Waals surface area contributed by atoms with Crippen LogP contribution in [0.4, 0.5) is 5.69 Å². The van der Waals surface area contributed by atoms with E-state index in [-0.39, 0.29) is 17.7 Å². The minimum Gasteiger partial charge on any atom is -0.390 e. The Labute approximate surface area is 197 Å². The smallest absolute Gasteiger partial charge is 0.248 e. The summed E-state index contributed by atoms with van der Waals surface area (Å²) < 4.78 is 0. The van der Waals surface area contributed by atoms with Crippen LogP contribution in [0.3, 0.4) is 0 Å². The summed E-state index contributed by atoms with van der Waals surface area (Å²) in [5, 5.41) is 14.0. The number of carbonyl (C=O) groups is 2. The summed E-state index contributed by atoms with van der Waals surface area (Å²) in [6.45, 7) is 3.98. The number of nitrogens with one attached hydrogen (secondary N) is 1. The maximum Gasteiger partial charge on any atom is 0.248 e. The number of carbonyl (C=O) groups excluding carboxylic acids is 2. The fourth-order valence-corrected chi connectivity index (χ4v) is 5.63. The second-order valence-electron chi connectivity index (χ2n) is 9.83. The topological polar surface area (TPSA) is 85.2 Å². The molecule has 7 nitrogen and oxygen atoms in total. The van der Waals surface area contributed by atoms with Crippen molar-refractivity contribution in [2.24, 2.45) is 10.9 Å². The average Bonchev–Trinajstić information content (AvgIpc) is 2.86. The molecule has 2 aliphatic heterocycles. The van der Waals surface area contributed by atoms with Crippen LogP contribution >= 0.6 is 0 Å². The first-order valence-corrected chi connectivity index (χ1v) is 12.7. The van der Waals surface area contributed by atoms with Crippen LogP contribution in [0.1, 0.15) is 64.7 Å². The van der Waals surface area contributed by atoms with Crippen molar-refractivity contribution in [1.29, 1.82) is 0 Å². The number of para-hydroxylation sites is 1. The zero-order valence-electron chi connectivity index (χ0n) is 19.8. The van der Waals surface area contributed by atoms with Gasteiger partial charge in [-0.05, 0) is 50.2 Å².